The van der Waals surface area contributed by atoms with Crippen LogP contribution in [0.5, 0.6) is 0 Å². The summed E-state index contributed by atoms with van der Waals surface area (Å²) in [5.74, 6) is 0. The van der Waals surface area contributed by atoms with Crippen LogP contribution in [0.1, 0.15) is 40.0 Å². The summed E-state index contributed by atoms with van der Waals surface area (Å²) in [6, 6.07) is 0.153. The number of ether oxygens (including phenoxy) is 2. The molecule has 0 N–H and O–H groups in total. The van der Waals surface area contributed by atoms with Gasteiger partial charge < -0.3 is 14.4 Å². The van der Waals surface area contributed by atoms with Gasteiger partial charge in [-0.1, -0.05) is 0 Å². The Morgan fingerprint density at radius 3 is 2.44 bits per heavy atom. The quantitative estimate of drug-likeness (QED) is 0.730. The molecule has 4 nitrogen and oxygen atoms in total. The highest BCUT2D eigenvalue weighted by atomic mass is 16.6. The van der Waals surface area contributed by atoms with E-state index in [1.165, 1.54) is 0 Å². The van der Waals surface area contributed by atoms with Crippen molar-refractivity contribution in [2.75, 3.05) is 14.2 Å². The largest absolute Gasteiger partial charge is 0.444 e. The van der Waals surface area contributed by atoms with Crippen molar-refractivity contribution in [1.82, 2.24) is 4.90 Å². The number of amides is 1. The van der Waals surface area contributed by atoms with Gasteiger partial charge in [0.15, 0.2) is 0 Å². The van der Waals surface area contributed by atoms with Gasteiger partial charge in [-0.25, -0.2) is 4.79 Å². The Hall–Kier alpha value is -0.770. The summed E-state index contributed by atoms with van der Waals surface area (Å²) in [6.45, 7) is 5.63. The molecule has 1 rings (SSSR count). The Morgan fingerprint density at radius 1 is 1.31 bits per heavy atom. The van der Waals surface area contributed by atoms with E-state index < -0.39 is 5.60 Å². The van der Waals surface area contributed by atoms with Gasteiger partial charge in [-0.2, -0.15) is 0 Å². The maximum Gasteiger partial charge on any atom is 0.410 e. The first-order chi connectivity index (χ1) is 7.35. The van der Waals surface area contributed by atoms with Crippen molar-refractivity contribution in [2.24, 2.45) is 0 Å². The van der Waals surface area contributed by atoms with Crippen LogP contribution in [0.15, 0.2) is 0 Å². The van der Waals surface area contributed by atoms with Crippen LogP contribution in [0.3, 0.4) is 0 Å². The van der Waals surface area contributed by atoms with Crippen molar-refractivity contribution in [2.45, 2.75) is 57.8 Å². The number of methoxy groups -OCH3 is 1. The number of hydrogen-bond donors (Lipinski definition) is 0. The monoisotopic (exact) mass is 229 g/mol. The maximum atomic E-state index is 11.9. The second-order valence-electron chi connectivity index (χ2n) is 5.36. The van der Waals surface area contributed by atoms with E-state index in [1.54, 1.807) is 19.1 Å². The molecule has 1 aliphatic carbocycles. The minimum absolute atomic E-state index is 0.150. The van der Waals surface area contributed by atoms with Gasteiger partial charge in [0.05, 0.1) is 12.1 Å². The van der Waals surface area contributed by atoms with Crippen LogP contribution in [0, 0.1) is 0 Å². The Labute approximate surface area is 97.9 Å². The summed E-state index contributed by atoms with van der Waals surface area (Å²) < 4.78 is 10.7. The fourth-order valence-electron chi connectivity index (χ4n) is 2.09. The fraction of sp³-hybridized carbons (Fsp3) is 0.917. The molecule has 0 aromatic carbocycles. The van der Waals surface area contributed by atoms with Gasteiger partial charge in [0.2, 0.25) is 0 Å². The Balaban J connectivity index is 2.56. The summed E-state index contributed by atoms with van der Waals surface area (Å²) in [5.41, 5.74) is -0.438. The summed E-state index contributed by atoms with van der Waals surface area (Å²) in [6.07, 6.45) is 3.01. The molecule has 0 bridgehead atoms. The lowest BCUT2D eigenvalue weighted by atomic mass is 10.2. The number of rotatable bonds is 2. The average molecular weight is 229 g/mol. The number of carbonyl (C=O) groups is 1. The highest BCUT2D eigenvalue weighted by Gasteiger charge is 2.34. The van der Waals surface area contributed by atoms with Crippen molar-refractivity contribution in [3.05, 3.63) is 0 Å². The summed E-state index contributed by atoms with van der Waals surface area (Å²) in [7, 11) is 3.49. The van der Waals surface area contributed by atoms with Crippen molar-refractivity contribution in [3.63, 3.8) is 0 Å². The highest BCUT2D eigenvalue weighted by molar-refractivity contribution is 5.68. The molecule has 2 atom stereocenters. The molecule has 1 aliphatic rings. The van der Waals surface area contributed by atoms with Crippen LogP contribution >= 0.6 is 0 Å². The molecule has 0 aromatic heterocycles. The van der Waals surface area contributed by atoms with Crippen LogP contribution < -0.4 is 0 Å². The molecule has 2 unspecified atom stereocenters. The summed E-state index contributed by atoms with van der Waals surface area (Å²) in [4.78, 5) is 13.5. The van der Waals surface area contributed by atoms with Gasteiger partial charge in [-0.3, -0.25) is 0 Å². The second-order valence-corrected chi connectivity index (χ2v) is 5.36. The summed E-state index contributed by atoms with van der Waals surface area (Å²) >= 11 is 0. The molecule has 0 aliphatic heterocycles. The Kier molecular flexibility index (Phi) is 4.19. The van der Waals surface area contributed by atoms with E-state index in [9.17, 15) is 4.79 Å². The number of hydrogen-bond acceptors (Lipinski definition) is 3. The van der Waals surface area contributed by atoms with Crippen LogP contribution in [0.2, 0.25) is 0 Å². The molecule has 0 radical (unpaired) electrons. The molecule has 0 heterocycles. The average Bonchev–Trinajstić information content (AvgIpc) is 2.61. The first-order valence-electron chi connectivity index (χ1n) is 5.84. The van der Waals surface area contributed by atoms with Crippen LogP contribution in [0.25, 0.3) is 0 Å². The zero-order valence-electron chi connectivity index (χ0n) is 10.9. The van der Waals surface area contributed by atoms with E-state index in [0.717, 1.165) is 19.3 Å². The predicted octanol–water partition coefficient (Wildman–Crippen LogP) is 2.42. The minimum Gasteiger partial charge on any atom is -0.444 e. The molecule has 1 saturated carbocycles. The molecule has 0 aromatic rings. The Bertz CT molecular complexity index is 247. The van der Waals surface area contributed by atoms with Crippen molar-refractivity contribution < 1.29 is 14.3 Å². The normalized spacial score (nSPS) is 25.6. The lowest BCUT2D eigenvalue weighted by molar-refractivity contribution is -0.000454. The van der Waals surface area contributed by atoms with E-state index in [1.807, 2.05) is 20.8 Å². The second kappa shape index (κ2) is 5.04. The minimum atomic E-state index is -0.438. The topological polar surface area (TPSA) is 38.8 Å². The standard InChI is InChI=1S/C12H23NO3/c1-12(2,3)16-11(14)13(4)9-7-6-8-10(9)15-5/h9-10H,6-8H2,1-5H3. The van der Waals surface area contributed by atoms with Gasteiger partial charge in [0, 0.05) is 14.2 Å². The third-order valence-electron chi connectivity index (χ3n) is 2.90. The molecule has 1 fully saturated rings. The molecule has 16 heavy (non-hydrogen) atoms. The maximum absolute atomic E-state index is 11.9. The number of likely N-dealkylation sites (N-methyl/N-ethyl adjacent to an activating group) is 1. The molecule has 4 heteroatoms. The van der Waals surface area contributed by atoms with Crippen molar-refractivity contribution >= 4 is 6.09 Å². The van der Waals surface area contributed by atoms with Crippen molar-refractivity contribution in [1.29, 1.82) is 0 Å². The van der Waals surface area contributed by atoms with E-state index >= 15 is 0 Å². The zero-order chi connectivity index (χ0) is 12.3. The number of nitrogens with zero attached hydrogens (tertiary/aromatic N) is 1. The molecular formula is C12H23NO3. The van der Waals surface area contributed by atoms with Gasteiger partial charge >= 0.3 is 6.09 Å². The highest BCUT2D eigenvalue weighted by Crippen LogP contribution is 2.26. The van der Waals surface area contributed by atoms with E-state index in [4.69, 9.17) is 9.47 Å². The first-order valence-corrected chi connectivity index (χ1v) is 5.84. The first kappa shape index (κ1) is 13.3. The SMILES string of the molecule is COC1CCCC1N(C)C(=O)OC(C)(C)C. The smallest absolute Gasteiger partial charge is 0.410 e. The van der Waals surface area contributed by atoms with Crippen LogP contribution in [0.4, 0.5) is 4.79 Å². The lowest BCUT2D eigenvalue weighted by Gasteiger charge is -2.31. The van der Waals surface area contributed by atoms with Crippen LogP contribution in [-0.4, -0.2) is 42.9 Å². The third kappa shape index (κ3) is 3.37. The zero-order valence-corrected chi connectivity index (χ0v) is 10.9. The molecule has 94 valence electrons. The Morgan fingerprint density at radius 2 is 1.94 bits per heavy atom. The predicted molar refractivity (Wildman–Crippen MR) is 62.4 cm³/mol. The van der Waals surface area contributed by atoms with Gasteiger partial charge in [-0.05, 0) is 40.0 Å². The lowest BCUT2D eigenvalue weighted by Crippen LogP contribution is -2.44. The van der Waals surface area contributed by atoms with Gasteiger partial charge in [0.25, 0.3) is 0 Å². The van der Waals surface area contributed by atoms with E-state index in [2.05, 4.69) is 0 Å². The summed E-state index contributed by atoms with van der Waals surface area (Å²) in [5, 5.41) is 0. The van der Waals surface area contributed by atoms with Gasteiger partial charge in [-0.15, -0.1) is 0 Å². The van der Waals surface area contributed by atoms with Crippen LogP contribution in [-0.2, 0) is 9.47 Å². The molecule has 1 amide bonds. The molecule has 0 saturated heterocycles. The number of carbonyl (C=O) groups excluding carboxylic acids is 1. The van der Waals surface area contributed by atoms with Gasteiger partial charge in [0.1, 0.15) is 5.60 Å². The van der Waals surface area contributed by atoms with Crippen molar-refractivity contribution in [3.8, 4) is 0 Å². The van der Waals surface area contributed by atoms with E-state index in [-0.39, 0.29) is 18.2 Å². The molecule has 0 spiro atoms. The molecular weight excluding hydrogens is 206 g/mol. The fourth-order valence-corrected chi connectivity index (χ4v) is 2.09. The third-order valence-corrected chi connectivity index (χ3v) is 2.90. The van der Waals surface area contributed by atoms with E-state index in [0.29, 0.717) is 0 Å².